The number of aromatic nitrogens is 4. The first-order valence-corrected chi connectivity index (χ1v) is 12.0. The molecule has 0 amide bonds. The Kier molecular flexibility index (Phi) is 3.11. The number of imidazole rings is 1. The molecule has 4 aromatic heterocycles. The molecule has 4 heteroatoms. The van der Waals surface area contributed by atoms with Gasteiger partial charge in [0.2, 0.25) is 0 Å². The number of pyridine rings is 3. The summed E-state index contributed by atoms with van der Waals surface area (Å²) >= 11 is 0. The van der Waals surface area contributed by atoms with E-state index >= 15 is 0 Å². The van der Waals surface area contributed by atoms with Gasteiger partial charge in [-0.2, -0.15) is 0 Å². The summed E-state index contributed by atoms with van der Waals surface area (Å²) in [5, 5.41) is 2.26. The van der Waals surface area contributed by atoms with Crippen molar-refractivity contribution in [2.24, 2.45) is 0 Å². The maximum absolute atomic E-state index is 5.25. The Morgan fingerprint density at radius 2 is 1.43 bits per heavy atom. The second kappa shape index (κ2) is 6.10. The Morgan fingerprint density at radius 3 is 2.40 bits per heavy atom. The average Bonchev–Trinajstić information content (AvgIpc) is 3.60. The van der Waals surface area contributed by atoms with Crippen LogP contribution in [0.1, 0.15) is 22.3 Å². The van der Waals surface area contributed by atoms with Gasteiger partial charge in [-0.05, 0) is 69.1 Å². The third kappa shape index (κ3) is 2.11. The van der Waals surface area contributed by atoms with Crippen LogP contribution >= 0.6 is 0 Å². The van der Waals surface area contributed by atoms with E-state index in [1.54, 1.807) is 0 Å². The number of benzene rings is 3. The van der Waals surface area contributed by atoms with Crippen molar-refractivity contribution in [2.75, 3.05) is 0 Å². The molecule has 3 aromatic carbocycles. The molecule has 0 radical (unpaired) electrons. The molecular weight excluding hydrogens is 428 g/mol. The van der Waals surface area contributed by atoms with Gasteiger partial charge >= 0.3 is 0 Å². The minimum absolute atomic E-state index is 0.901. The van der Waals surface area contributed by atoms with Crippen molar-refractivity contribution in [1.82, 2.24) is 19.4 Å². The number of fused-ring (bicyclic) bond motifs is 16. The van der Waals surface area contributed by atoms with Gasteiger partial charge in [0.15, 0.2) is 5.65 Å². The van der Waals surface area contributed by atoms with Gasteiger partial charge in [0.05, 0.1) is 22.7 Å². The zero-order chi connectivity index (χ0) is 22.7. The first-order valence-electron chi connectivity index (χ1n) is 12.0. The minimum Gasteiger partial charge on any atom is -0.289 e. The van der Waals surface area contributed by atoms with Crippen LogP contribution < -0.4 is 0 Å². The van der Waals surface area contributed by atoms with Crippen molar-refractivity contribution < 1.29 is 0 Å². The first-order chi connectivity index (χ1) is 17.4. The van der Waals surface area contributed by atoms with Crippen LogP contribution in [0.2, 0.25) is 0 Å². The highest BCUT2D eigenvalue weighted by molar-refractivity contribution is 6.12. The molecule has 0 N–H and O–H groups in total. The normalized spacial score (nSPS) is 13.5. The lowest BCUT2D eigenvalue weighted by Crippen LogP contribution is -1.93. The number of hydrogen-bond donors (Lipinski definition) is 0. The maximum Gasteiger partial charge on any atom is 0.165 e. The Labute approximate surface area is 200 Å². The molecular formula is C31H18N4. The fourth-order valence-electron chi connectivity index (χ4n) is 6.53. The molecule has 0 saturated heterocycles. The van der Waals surface area contributed by atoms with Crippen LogP contribution in [0.25, 0.3) is 60.7 Å². The Balaban J connectivity index is 1.36. The molecule has 2 aliphatic rings. The molecule has 0 atom stereocenters. The summed E-state index contributed by atoms with van der Waals surface area (Å²) in [7, 11) is 0. The van der Waals surface area contributed by atoms with Gasteiger partial charge < -0.3 is 0 Å². The molecule has 9 rings (SSSR count). The molecule has 0 spiro atoms. The number of rotatable bonds is 0. The highest BCUT2D eigenvalue weighted by Gasteiger charge is 2.30. The van der Waals surface area contributed by atoms with E-state index in [2.05, 4.69) is 70.0 Å². The second-order valence-electron chi connectivity index (χ2n) is 9.65. The van der Waals surface area contributed by atoms with Gasteiger partial charge in [0.1, 0.15) is 5.52 Å². The summed E-state index contributed by atoms with van der Waals surface area (Å²) in [5.74, 6) is 0. The molecule has 4 heterocycles. The monoisotopic (exact) mass is 446 g/mol. The van der Waals surface area contributed by atoms with Crippen LogP contribution in [-0.4, -0.2) is 19.4 Å². The van der Waals surface area contributed by atoms with E-state index in [1.165, 1.54) is 44.5 Å². The smallest absolute Gasteiger partial charge is 0.165 e. The average molecular weight is 447 g/mol. The van der Waals surface area contributed by atoms with Gasteiger partial charge in [0, 0.05) is 29.6 Å². The van der Waals surface area contributed by atoms with Crippen molar-refractivity contribution in [3.8, 4) is 22.3 Å². The fourth-order valence-corrected chi connectivity index (χ4v) is 6.53. The largest absolute Gasteiger partial charge is 0.289 e. The Morgan fingerprint density at radius 1 is 0.600 bits per heavy atom. The SMILES string of the molecule is c1ccc2c(c1)Cc1c-2ccc2c1Cc1c-2ccc2c1nc1c3ncccc3c3ccncc3n21. The quantitative estimate of drug-likeness (QED) is 0.243. The van der Waals surface area contributed by atoms with E-state index in [-0.39, 0.29) is 0 Å². The molecule has 7 aromatic rings. The summed E-state index contributed by atoms with van der Waals surface area (Å²) in [4.78, 5) is 14.5. The second-order valence-corrected chi connectivity index (χ2v) is 9.65. The number of nitrogens with zero attached hydrogens (tertiary/aromatic N) is 4. The zero-order valence-electron chi connectivity index (χ0n) is 18.8. The molecule has 0 saturated carbocycles. The van der Waals surface area contributed by atoms with E-state index in [9.17, 15) is 0 Å². The van der Waals surface area contributed by atoms with Gasteiger partial charge in [-0.3, -0.25) is 14.4 Å². The summed E-state index contributed by atoms with van der Waals surface area (Å²) in [6.07, 6.45) is 7.59. The summed E-state index contributed by atoms with van der Waals surface area (Å²) < 4.78 is 2.25. The van der Waals surface area contributed by atoms with Crippen LogP contribution in [0.5, 0.6) is 0 Å². The highest BCUT2D eigenvalue weighted by Crippen LogP contribution is 2.48. The zero-order valence-corrected chi connectivity index (χ0v) is 18.8. The molecule has 0 aliphatic heterocycles. The standard InChI is InChI=1S/C31H18N4/c1-2-5-18-17(4-1)14-24-19(18)7-8-20-21-9-10-27-29(26(21)15-25(20)24)34-31-30-23(6-3-12-33-30)22-11-13-32-16-28(22)35(27)31/h1-13,16H,14-15H2. The lowest BCUT2D eigenvalue weighted by Gasteiger charge is -2.08. The van der Waals surface area contributed by atoms with Crippen molar-refractivity contribution in [3.05, 3.63) is 108 Å². The Bertz CT molecular complexity index is 2070. The van der Waals surface area contributed by atoms with Crippen molar-refractivity contribution in [3.63, 3.8) is 0 Å². The molecule has 0 unspecified atom stereocenters. The molecule has 2 aliphatic carbocycles. The molecule has 35 heavy (non-hydrogen) atoms. The van der Waals surface area contributed by atoms with Gasteiger partial charge in [-0.1, -0.05) is 48.5 Å². The van der Waals surface area contributed by atoms with Gasteiger partial charge in [0.25, 0.3) is 0 Å². The van der Waals surface area contributed by atoms with E-state index in [0.717, 1.165) is 51.3 Å². The predicted octanol–water partition coefficient (Wildman–Crippen LogP) is 6.73. The van der Waals surface area contributed by atoms with Crippen LogP contribution in [0.15, 0.2) is 85.3 Å². The Hall–Kier alpha value is -4.57. The molecule has 0 bridgehead atoms. The third-order valence-electron chi connectivity index (χ3n) is 8.03. The van der Waals surface area contributed by atoms with Crippen molar-refractivity contribution in [1.29, 1.82) is 0 Å². The van der Waals surface area contributed by atoms with Crippen LogP contribution in [0.3, 0.4) is 0 Å². The summed E-state index contributed by atoms with van der Waals surface area (Å²) in [6.45, 7) is 0. The predicted molar refractivity (Wildman–Crippen MR) is 140 cm³/mol. The van der Waals surface area contributed by atoms with Crippen LogP contribution in [0.4, 0.5) is 0 Å². The van der Waals surface area contributed by atoms with E-state index in [4.69, 9.17) is 9.97 Å². The van der Waals surface area contributed by atoms with E-state index in [0.29, 0.717) is 0 Å². The minimum atomic E-state index is 0.901. The summed E-state index contributed by atoms with van der Waals surface area (Å²) in [6, 6.07) is 24.2. The van der Waals surface area contributed by atoms with Crippen molar-refractivity contribution >= 4 is 38.5 Å². The lowest BCUT2D eigenvalue weighted by molar-refractivity contribution is 1.17. The number of hydrogen-bond acceptors (Lipinski definition) is 3. The maximum atomic E-state index is 5.25. The lowest BCUT2D eigenvalue weighted by atomic mass is 9.96. The van der Waals surface area contributed by atoms with Crippen LogP contribution in [0, 0.1) is 0 Å². The highest BCUT2D eigenvalue weighted by atomic mass is 15.0. The van der Waals surface area contributed by atoms with Crippen molar-refractivity contribution in [2.45, 2.75) is 12.8 Å². The fraction of sp³-hybridized carbons (Fsp3) is 0.0645. The topological polar surface area (TPSA) is 43.1 Å². The molecule has 162 valence electrons. The first kappa shape index (κ1) is 17.8. The van der Waals surface area contributed by atoms with E-state index in [1.807, 2.05) is 24.7 Å². The van der Waals surface area contributed by atoms with E-state index < -0.39 is 0 Å². The van der Waals surface area contributed by atoms with Gasteiger partial charge in [-0.25, -0.2) is 4.98 Å². The van der Waals surface area contributed by atoms with Crippen LogP contribution in [-0.2, 0) is 12.8 Å². The molecule has 0 fully saturated rings. The third-order valence-corrected chi connectivity index (χ3v) is 8.03. The van der Waals surface area contributed by atoms with Gasteiger partial charge in [-0.15, -0.1) is 0 Å². The summed E-state index contributed by atoms with van der Waals surface area (Å²) in [5.41, 5.74) is 16.3. The molecule has 4 nitrogen and oxygen atoms in total.